The highest BCUT2D eigenvalue weighted by Crippen LogP contribution is 2.40. The third-order valence-corrected chi connectivity index (χ3v) is 3.72. The van der Waals surface area contributed by atoms with Crippen LogP contribution in [0.2, 0.25) is 0 Å². The van der Waals surface area contributed by atoms with Crippen molar-refractivity contribution in [2.75, 3.05) is 0 Å². The van der Waals surface area contributed by atoms with Crippen molar-refractivity contribution in [1.29, 1.82) is 0 Å². The molecule has 0 aliphatic carbocycles. The normalized spacial score (nSPS) is 10.3. The minimum absolute atomic E-state index is 0.362. The molecule has 0 radical (unpaired) electrons. The lowest BCUT2D eigenvalue weighted by Gasteiger charge is -2.15. The average Bonchev–Trinajstić information content (AvgIpc) is 2.56. The van der Waals surface area contributed by atoms with Gasteiger partial charge in [-0.3, -0.25) is 0 Å². The average molecular weight is 304 g/mol. The van der Waals surface area contributed by atoms with Crippen molar-refractivity contribution in [3.8, 4) is 28.0 Å². The Morgan fingerprint density at radius 1 is 0.783 bits per heavy atom. The van der Waals surface area contributed by atoms with Gasteiger partial charge in [0.25, 0.3) is 0 Å². The number of ether oxygens (including phenoxy) is 1. The molecule has 3 rings (SSSR count). The summed E-state index contributed by atoms with van der Waals surface area (Å²) in [4.78, 5) is 11.2. The van der Waals surface area contributed by atoms with E-state index >= 15 is 0 Å². The van der Waals surface area contributed by atoms with Crippen LogP contribution in [0.15, 0.2) is 72.8 Å². The highest BCUT2D eigenvalue weighted by Gasteiger charge is 2.17. The van der Waals surface area contributed by atoms with E-state index in [0.717, 1.165) is 27.8 Å². The van der Waals surface area contributed by atoms with Crippen molar-refractivity contribution < 1.29 is 14.6 Å². The van der Waals surface area contributed by atoms with Gasteiger partial charge < -0.3 is 9.84 Å². The first-order valence-electron chi connectivity index (χ1n) is 7.32. The van der Waals surface area contributed by atoms with Gasteiger partial charge in [0.2, 0.25) is 0 Å². The predicted octanol–water partition coefficient (Wildman–Crippen LogP) is 5.39. The fraction of sp³-hybridized carbons (Fsp3) is 0.0500. The van der Waals surface area contributed by atoms with Crippen molar-refractivity contribution in [3.63, 3.8) is 0 Å². The fourth-order valence-electron chi connectivity index (χ4n) is 2.67. The summed E-state index contributed by atoms with van der Waals surface area (Å²) in [7, 11) is 0. The second-order valence-corrected chi connectivity index (χ2v) is 5.23. The van der Waals surface area contributed by atoms with Crippen molar-refractivity contribution in [1.82, 2.24) is 0 Å². The molecule has 0 saturated carbocycles. The highest BCUT2D eigenvalue weighted by atomic mass is 16.7. The largest absolute Gasteiger partial charge is 0.511 e. The van der Waals surface area contributed by atoms with E-state index in [4.69, 9.17) is 9.84 Å². The quantitative estimate of drug-likeness (QED) is 0.521. The number of rotatable bonds is 3. The molecule has 3 heteroatoms. The summed E-state index contributed by atoms with van der Waals surface area (Å²) < 4.78 is 5.16. The van der Waals surface area contributed by atoms with E-state index in [0.29, 0.717) is 5.75 Å². The van der Waals surface area contributed by atoms with Crippen LogP contribution < -0.4 is 4.74 Å². The van der Waals surface area contributed by atoms with Crippen LogP contribution in [0.25, 0.3) is 22.3 Å². The number of para-hydroxylation sites is 1. The van der Waals surface area contributed by atoms with Crippen LogP contribution in [0.5, 0.6) is 5.75 Å². The molecule has 1 N–H and O–H groups in total. The summed E-state index contributed by atoms with van der Waals surface area (Å²) in [6.45, 7) is 2.00. The van der Waals surface area contributed by atoms with Crippen LogP contribution in [0.3, 0.4) is 0 Å². The van der Waals surface area contributed by atoms with Gasteiger partial charge in [0.1, 0.15) is 5.75 Å². The summed E-state index contributed by atoms with van der Waals surface area (Å²) in [6.07, 6.45) is -1.32. The molecule has 3 aromatic rings. The van der Waals surface area contributed by atoms with Crippen LogP contribution in [-0.2, 0) is 0 Å². The smallest absolute Gasteiger partial charge is 0.449 e. The van der Waals surface area contributed by atoms with Crippen molar-refractivity contribution in [2.24, 2.45) is 0 Å². The van der Waals surface area contributed by atoms with Crippen LogP contribution >= 0.6 is 0 Å². The van der Waals surface area contributed by atoms with E-state index in [1.54, 1.807) is 0 Å². The van der Waals surface area contributed by atoms with Gasteiger partial charge in [-0.15, -0.1) is 0 Å². The van der Waals surface area contributed by atoms with Crippen LogP contribution in [0.4, 0.5) is 4.79 Å². The molecule has 0 heterocycles. The number of aryl methyl sites for hydroxylation is 1. The van der Waals surface area contributed by atoms with Gasteiger partial charge in [-0.2, -0.15) is 0 Å². The first-order valence-corrected chi connectivity index (χ1v) is 7.32. The van der Waals surface area contributed by atoms with E-state index < -0.39 is 6.16 Å². The monoisotopic (exact) mass is 304 g/mol. The summed E-state index contributed by atoms with van der Waals surface area (Å²) in [5.74, 6) is 0.362. The van der Waals surface area contributed by atoms with E-state index in [2.05, 4.69) is 0 Å². The van der Waals surface area contributed by atoms with E-state index in [1.165, 1.54) is 0 Å². The van der Waals surface area contributed by atoms with Crippen molar-refractivity contribution in [2.45, 2.75) is 6.92 Å². The Bertz CT molecular complexity index is 839. The summed E-state index contributed by atoms with van der Waals surface area (Å²) in [5, 5.41) is 9.16. The Balaban J connectivity index is 2.25. The number of benzene rings is 3. The molecule has 3 aromatic carbocycles. The Hall–Kier alpha value is -3.07. The van der Waals surface area contributed by atoms with Gasteiger partial charge in [0, 0.05) is 11.1 Å². The Morgan fingerprint density at radius 3 is 2.09 bits per heavy atom. The predicted molar refractivity (Wildman–Crippen MR) is 90.7 cm³/mol. The Morgan fingerprint density at radius 2 is 1.39 bits per heavy atom. The van der Waals surface area contributed by atoms with Crippen molar-refractivity contribution in [3.05, 3.63) is 78.4 Å². The molecule has 0 unspecified atom stereocenters. The molecule has 0 spiro atoms. The molecule has 114 valence electrons. The molecule has 3 nitrogen and oxygen atoms in total. The fourth-order valence-corrected chi connectivity index (χ4v) is 2.67. The lowest BCUT2D eigenvalue weighted by atomic mass is 9.95. The lowest BCUT2D eigenvalue weighted by Crippen LogP contribution is -2.05. The summed E-state index contributed by atoms with van der Waals surface area (Å²) >= 11 is 0. The van der Waals surface area contributed by atoms with Crippen LogP contribution in [0, 0.1) is 6.92 Å². The zero-order chi connectivity index (χ0) is 16.2. The molecular weight excluding hydrogens is 288 g/mol. The van der Waals surface area contributed by atoms with E-state index in [9.17, 15) is 4.79 Å². The summed E-state index contributed by atoms with van der Waals surface area (Å²) in [6, 6.07) is 23.1. The molecule has 0 atom stereocenters. The number of hydrogen-bond donors (Lipinski definition) is 1. The Labute approximate surface area is 134 Å². The maximum Gasteiger partial charge on any atom is 0.511 e. The molecule has 0 fully saturated rings. The lowest BCUT2D eigenvalue weighted by molar-refractivity contribution is 0.145. The van der Waals surface area contributed by atoms with E-state index in [-0.39, 0.29) is 0 Å². The van der Waals surface area contributed by atoms with Gasteiger partial charge in [-0.05, 0) is 23.6 Å². The number of carbonyl (C=O) groups is 1. The minimum atomic E-state index is -1.32. The second-order valence-electron chi connectivity index (χ2n) is 5.23. The molecule has 0 bridgehead atoms. The summed E-state index contributed by atoms with van der Waals surface area (Å²) in [5.41, 5.74) is 4.47. The third kappa shape index (κ3) is 3.09. The maximum atomic E-state index is 11.2. The molecule has 0 aliphatic rings. The molecule has 0 aromatic heterocycles. The van der Waals surface area contributed by atoms with Gasteiger partial charge in [0.05, 0.1) is 0 Å². The standard InChI is InChI=1S/C20H16O3/c1-14-8-5-6-11-16(14)18-13-7-12-17(19(18)23-20(21)22)15-9-3-2-4-10-15/h2-13H,1H3,(H,21,22). The second kappa shape index (κ2) is 6.36. The van der Waals surface area contributed by atoms with Gasteiger partial charge >= 0.3 is 6.16 Å². The zero-order valence-electron chi connectivity index (χ0n) is 12.7. The minimum Gasteiger partial charge on any atom is -0.449 e. The molecule has 23 heavy (non-hydrogen) atoms. The molecule has 0 saturated heterocycles. The maximum absolute atomic E-state index is 11.2. The Kier molecular flexibility index (Phi) is 4.11. The molecule has 0 amide bonds. The van der Waals surface area contributed by atoms with Crippen LogP contribution in [0.1, 0.15) is 5.56 Å². The highest BCUT2D eigenvalue weighted by molar-refractivity contribution is 5.85. The molecular formula is C20H16O3. The van der Waals surface area contributed by atoms with Crippen LogP contribution in [-0.4, -0.2) is 11.3 Å². The zero-order valence-corrected chi connectivity index (χ0v) is 12.7. The number of carboxylic acid groups (broad SMARTS) is 1. The van der Waals surface area contributed by atoms with Gasteiger partial charge in [0.15, 0.2) is 0 Å². The third-order valence-electron chi connectivity index (χ3n) is 3.72. The SMILES string of the molecule is Cc1ccccc1-c1cccc(-c2ccccc2)c1OC(=O)O. The first kappa shape index (κ1) is 14.9. The topological polar surface area (TPSA) is 46.5 Å². The molecule has 0 aliphatic heterocycles. The first-order chi connectivity index (χ1) is 11.2. The van der Waals surface area contributed by atoms with E-state index in [1.807, 2.05) is 79.7 Å². The van der Waals surface area contributed by atoms with Gasteiger partial charge in [-0.1, -0.05) is 72.8 Å². The number of hydrogen-bond acceptors (Lipinski definition) is 2. The van der Waals surface area contributed by atoms with Crippen molar-refractivity contribution >= 4 is 6.16 Å². The van der Waals surface area contributed by atoms with Gasteiger partial charge in [-0.25, -0.2) is 4.79 Å².